The third kappa shape index (κ3) is 3.45. The monoisotopic (exact) mass is 277 g/mol. The van der Waals surface area contributed by atoms with E-state index in [2.05, 4.69) is 35.1 Å². The van der Waals surface area contributed by atoms with Crippen LogP contribution in [0.4, 0.5) is 14.5 Å². The summed E-state index contributed by atoms with van der Waals surface area (Å²) in [5.74, 6) is -0.681. The van der Waals surface area contributed by atoms with E-state index in [1.807, 2.05) is 0 Å². The topological polar surface area (TPSA) is 12.0 Å². The van der Waals surface area contributed by atoms with Gasteiger partial charge in [-0.15, -0.1) is 0 Å². The molecule has 0 radical (unpaired) electrons. The summed E-state index contributed by atoms with van der Waals surface area (Å²) in [6, 6.07) is 2.13. The van der Waals surface area contributed by atoms with Crippen LogP contribution in [0.3, 0.4) is 0 Å². The lowest BCUT2D eigenvalue weighted by molar-refractivity contribution is 0.572. The first kappa shape index (κ1) is 12.4. The number of anilines is 1. The van der Waals surface area contributed by atoms with Gasteiger partial charge in [0.2, 0.25) is 0 Å². The molecule has 0 saturated heterocycles. The maximum Gasteiger partial charge on any atom is 0.150 e. The van der Waals surface area contributed by atoms with Gasteiger partial charge in [0.25, 0.3) is 0 Å². The number of rotatable bonds is 4. The largest absolute Gasteiger partial charge is 0.381 e. The second kappa shape index (κ2) is 5.45. The summed E-state index contributed by atoms with van der Waals surface area (Å²) in [6.07, 6.45) is 1.02. The Balaban J connectivity index is 2.77. The van der Waals surface area contributed by atoms with Gasteiger partial charge in [-0.3, -0.25) is 0 Å². The zero-order valence-electron chi connectivity index (χ0n) is 8.78. The van der Waals surface area contributed by atoms with Gasteiger partial charge in [0.05, 0.1) is 5.69 Å². The SMILES string of the molecule is CCC(C)CNc1c(F)cc(F)cc1Br. The molecule has 0 aliphatic rings. The molecule has 0 spiro atoms. The second-order valence-corrected chi connectivity index (χ2v) is 4.49. The molecule has 1 nitrogen and oxygen atoms in total. The highest BCUT2D eigenvalue weighted by Gasteiger charge is 2.09. The van der Waals surface area contributed by atoms with Crippen LogP contribution in [0.5, 0.6) is 0 Å². The van der Waals surface area contributed by atoms with Gasteiger partial charge >= 0.3 is 0 Å². The molecule has 1 unspecified atom stereocenters. The average Bonchev–Trinajstić information content (AvgIpc) is 2.15. The quantitative estimate of drug-likeness (QED) is 0.871. The third-order valence-electron chi connectivity index (χ3n) is 2.33. The molecule has 1 rings (SSSR count). The Morgan fingerprint density at radius 1 is 1.40 bits per heavy atom. The number of hydrogen-bond acceptors (Lipinski definition) is 1. The number of hydrogen-bond donors (Lipinski definition) is 1. The zero-order chi connectivity index (χ0) is 11.4. The Bertz CT molecular complexity index is 318. The van der Waals surface area contributed by atoms with Crippen molar-refractivity contribution in [2.75, 3.05) is 11.9 Å². The minimum atomic E-state index is -0.575. The molecule has 0 saturated carbocycles. The van der Waals surface area contributed by atoms with Gasteiger partial charge in [-0.1, -0.05) is 20.3 Å². The molecule has 0 aliphatic heterocycles. The molecule has 0 aromatic heterocycles. The maximum atomic E-state index is 13.3. The predicted octanol–water partition coefficient (Wildman–Crippen LogP) is 4.19. The first-order chi connectivity index (χ1) is 7.04. The van der Waals surface area contributed by atoms with E-state index in [1.54, 1.807) is 0 Å². The van der Waals surface area contributed by atoms with Crippen molar-refractivity contribution in [1.29, 1.82) is 0 Å². The molecular weight excluding hydrogens is 264 g/mol. The van der Waals surface area contributed by atoms with Gasteiger partial charge in [-0.05, 0) is 27.9 Å². The van der Waals surface area contributed by atoms with Crippen molar-refractivity contribution >= 4 is 21.6 Å². The smallest absolute Gasteiger partial charge is 0.150 e. The van der Waals surface area contributed by atoms with Crippen molar-refractivity contribution < 1.29 is 8.78 Å². The lowest BCUT2D eigenvalue weighted by Gasteiger charge is -2.13. The Morgan fingerprint density at radius 2 is 2.07 bits per heavy atom. The van der Waals surface area contributed by atoms with E-state index in [1.165, 1.54) is 6.07 Å². The summed E-state index contributed by atoms with van der Waals surface area (Å²) in [7, 11) is 0. The summed E-state index contributed by atoms with van der Waals surface area (Å²) in [4.78, 5) is 0. The Morgan fingerprint density at radius 3 is 2.60 bits per heavy atom. The van der Waals surface area contributed by atoms with Gasteiger partial charge < -0.3 is 5.32 Å². The molecule has 0 amide bonds. The van der Waals surface area contributed by atoms with E-state index in [0.717, 1.165) is 12.5 Å². The van der Waals surface area contributed by atoms with Gasteiger partial charge in [0.1, 0.15) is 11.6 Å². The van der Waals surface area contributed by atoms with Crippen LogP contribution < -0.4 is 5.32 Å². The summed E-state index contributed by atoms with van der Waals surface area (Å²) < 4.78 is 26.5. The second-order valence-electron chi connectivity index (χ2n) is 3.64. The normalized spacial score (nSPS) is 12.6. The summed E-state index contributed by atoms with van der Waals surface area (Å²) in [5, 5.41) is 2.97. The molecule has 0 heterocycles. The fraction of sp³-hybridized carbons (Fsp3) is 0.455. The molecular formula is C11H14BrF2N. The minimum absolute atomic E-state index is 0.330. The number of halogens is 3. The predicted molar refractivity (Wildman–Crippen MR) is 62.0 cm³/mol. The van der Waals surface area contributed by atoms with Crippen molar-refractivity contribution in [1.82, 2.24) is 0 Å². The van der Waals surface area contributed by atoms with Crippen LogP contribution in [0, 0.1) is 17.6 Å². The van der Waals surface area contributed by atoms with E-state index in [0.29, 0.717) is 22.6 Å². The minimum Gasteiger partial charge on any atom is -0.381 e. The molecule has 1 N–H and O–H groups in total. The molecule has 84 valence electrons. The Labute approximate surface area is 97.0 Å². The van der Waals surface area contributed by atoms with Crippen LogP contribution in [0.15, 0.2) is 16.6 Å². The third-order valence-corrected chi connectivity index (χ3v) is 2.96. The Hall–Kier alpha value is -0.640. The maximum absolute atomic E-state index is 13.3. The summed E-state index contributed by atoms with van der Waals surface area (Å²) >= 11 is 3.13. The summed E-state index contributed by atoms with van der Waals surface area (Å²) in [6.45, 7) is 4.82. The highest BCUT2D eigenvalue weighted by molar-refractivity contribution is 9.10. The van der Waals surface area contributed by atoms with Gasteiger partial charge in [-0.25, -0.2) is 8.78 Å². The molecule has 15 heavy (non-hydrogen) atoms. The summed E-state index contributed by atoms with van der Waals surface area (Å²) in [5.41, 5.74) is 0.330. The Kier molecular flexibility index (Phi) is 4.51. The van der Waals surface area contributed by atoms with Crippen LogP contribution in [-0.4, -0.2) is 6.54 Å². The highest BCUT2D eigenvalue weighted by Crippen LogP contribution is 2.27. The first-order valence-corrected chi connectivity index (χ1v) is 5.72. The fourth-order valence-electron chi connectivity index (χ4n) is 1.13. The van der Waals surface area contributed by atoms with Crippen molar-refractivity contribution in [2.45, 2.75) is 20.3 Å². The van der Waals surface area contributed by atoms with Crippen molar-refractivity contribution in [3.05, 3.63) is 28.2 Å². The fourth-order valence-corrected chi connectivity index (χ4v) is 1.68. The highest BCUT2D eigenvalue weighted by atomic mass is 79.9. The van der Waals surface area contributed by atoms with Crippen molar-refractivity contribution in [3.8, 4) is 0 Å². The van der Waals surface area contributed by atoms with Crippen LogP contribution in [0.25, 0.3) is 0 Å². The molecule has 0 bridgehead atoms. The van der Waals surface area contributed by atoms with Crippen LogP contribution in [-0.2, 0) is 0 Å². The van der Waals surface area contributed by atoms with Crippen LogP contribution in [0.2, 0.25) is 0 Å². The molecule has 1 aromatic rings. The number of nitrogens with one attached hydrogen (secondary N) is 1. The van der Waals surface area contributed by atoms with Gasteiger partial charge in [0, 0.05) is 17.1 Å². The molecule has 1 aromatic carbocycles. The van der Waals surface area contributed by atoms with E-state index >= 15 is 0 Å². The average molecular weight is 278 g/mol. The number of benzene rings is 1. The zero-order valence-corrected chi connectivity index (χ0v) is 10.4. The van der Waals surface area contributed by atoms with E-state index in [4.69, 9.17) is 0 Å². The molecule has 0 fully saturated rings. The van der Waals surface area contributed by atoms with Crippen molar-refractivity contribution in [3.63, 3.8) is 0 Å². The lowest BCUT2D eigenvalue weighted by atomic mass is 10.1. The van der Waals surface area contributed by atoms with Gasteiger partial charge in [-0.2, -0.15) is 0 Å². The van der Waals surface area contributed by atoms with E-state index < -0.39 is 11.6 Å². The van der Waals surface area contributed by atoms with E-state index in [-0.39, 0.29) is 0 Å². The van der Waals surface area contributed by atoms with Crippen LogP contribution in [0.1, 0.15) is 20.3 Å². The molecule has 0 aliphatic carbocycles. The van der Waals surface area contributed by atoms with Crippen molar-refractivity contribution in [2.24, 2.45) is 5.92 Å². The molecule has 4 heteroatoms. The molecule has 1 atom stereocenters. The lowest BCUT2D eigenvalue weighted by Crippen LogP contribution is -2.11. The van der Waals surface area contributed by atoms with Crippen LogP contribution >= 0.6 is 15.9 Å². The van der Waals surface area contributed by atoms with Gasteiger partial charge in [0.15, 0.2) is 0 Å². The van der Waals surface area contributed by atoms with E-state index in [9.17, 15) is 8.78 Å². The first-order valence-electron chi connectivity index (χ1n) is 4.93. The standard InChI is InChI=1S/C11H14BrF2N/c1-3-7(2)6-15-11-9(12)4-8(13)5-10(11)14/h4-5,7,15H,3,6H2,1-2H3.